The molecule has 0 aromatic heterocycles. The summed E-state index contributed by atoms with van der Waals surface area (Å²) < 4.78 is 27.2. The van der Waals surface area contributed by atoms with E-state index in [1.165, 1.54) is 60.9 Å². The van der Waals surface area contributed by atoms with Crippen LogP contribution in [0.3, 0.4) is 0 Å². The second-order valence-electron chi connectivity index (χ2n) is 12.0. The SMILES string of the molecule is N#CC1c2ccccc2C(C(=O)c2ccc(C(=O)C3=CN(C(=O)c4ccc(F)cc4)C(C#N)c4ccccc43)cc2)=CN1C(=O)c1ccc(F)cc1. The van der Waals surface area contributed by atoms with Gasteiger partial charge in [0.05, 0.1) is 12.1 Å². The lowest BCUT2D eigenvalue weighted by atomic mass is 9.86. The summed E-state index contributed by atoms with van der Waals surface area (Å²) in [5.74, 6) is -3.21. The maximum absolute atomic E-state index is 14.1. The molecule has 0 spiro atoms. The summed E-state index contributed by atoms with van der Waals surface area (Å²) in [7, 11) is 0. The Labute approximate surface area is 296 Å². The first-order chi connectivity index (χ1) is 25.2. The van der Waals surface area contributed by atoms with Crippen molar-refractivity contribution in [1.82, 2.24) is 9.80 Å². The molecule has 0 bridgehead atoms. The van der Waals surface area contributed by atoms with E-state index in [2.05, 4.69) is 12.1 Å². The molecular formula is C42H24F2N4O4. The minimum Gasteiger partial charge on any atom is -0.294 e. The largest absolute Gasteiger partial charge is 0.294 e. The van der Waals surface area contributed by atoms with Gasteiger partial charge in [0.25, 0.3) is 11.8 Å². The zero-order chi connectivity index (χ0) is 36.5. The molecule has 52 heavy (non-hydrogen) atoms. The molecule has 10 heteroatoms. The van der Waals surface area contributed by atoms with Crippen molar-refractivity contribution in [2.24, 2.45) is 0 Å². The number of hydrogen-bond donors (Lipinski definition) is 0. The summed E-state index contributed by atoms with van der Waals surface area (Å²) in [6.07, 6.45) is 2.65. The number of hydrogen-bond acceptors (Lipinski definition) is 6. The summed E-state index contributed by atoms with van der Waals surface area (Å²) in [6, 6.07) is 31.3. The van der Waals surface area contributed by atoms with Crippen molar-refractivity contribution in [2.75, 3.05) is 0 Å². The number of amides is 2. The first-order valence-corrected chi connectivity index (χ1v) is 16.0. The van der Waals surface area contributed by atoms with E-state index in [9.17, 15) is 38.5 Å². The molecular weight excluding hydrogens is 662 g/mol. The maximum atomic E-state index is 14.1. The van der Waals surface area contributed by atoms with Crippen molar-refractivity contribution in [1.29, 1.82) is 10.5 Å². The predicted molar refractivity (Wildman–Crippen MR) is 186 cm³/mol. The van der Waals surface area contributed by atoms with Crippen LogP contribution >= 0.6 is 0 Å². The molecule has 0 saturated heterocycles. The van der Waals surface area contributed by atoms with Gasteiger partial charge in [-0.25, -0.2) is 8.78 Å². The fourth-order valence-corrected chi connectivity index (χ4v) is 6.37. The Morgan fingerprint density at radius 2 is 0.808 bits per heavy atom. The number of carbonyl (C=O) groups excluding carboxylic acids is 4. The van der Waals surface area contributed by atoms with Crippen LogP contribution in [0.25, 0.3) is 11.1 Å². The van der Waals surface area contributed by atoms with Crippen LogP contribution in [-0.2, 0) is 0 Å². The minimum absolute atomic E-state index is 0.129. The van der Waals surface area contributed by atoms with Gasteiger partial charge in [0.15, 0.2) is 11.6 Å². The molecule has 2 atom stereocenters. The summed E-state index contributed by atoms with van der Waals surface area (Å²) >= 11 is 0. The van der Waals surface area contributed by atoms with Crippen LogP contribution in [0.1, 0.15) is 75.8 Å². The van der Waals surface area contributed by atoms with Gasteiger partial charge in [-0.3, -0.25) is 29.0 Å². The van der Waals surface area contributed by atoms with E-state index in [4.69, 9.17) is 0 Å². The van der Waals surface area contributed by atoms with E-state index in [0.29, 0.717) is 22.3 Å². The van der Waals surface area contributed by atoms with Crippen LogP contribution in [-0.4, -0.2) is 33.2 Å². The lowest BCUT2D eigenvalue weighted by Crippen LogP contribution is -2.34. The quantitative estimate of drug-likeness (QED) is 0.168. The van der Waals surface area contributed by atoms with Crippen LogP contribution in [0.15, 0.2) is 134 Å². The van der Waals surface area contributed by atoms with Crippen molar-refractivity contribution >= 4 is 34.5 Å². The number of fused-ring (bicyclic) bond motifs is 2. The number of rotatable bonds is 6. The average Bonchev–Trinajstić information content (AvgIpc) is 3.19. The Morgan fingerprint density at radius 3 is 1.15 bits per heavy atom. The van der Waals surface area contributed by atoms with Gasteiger partial charge in [0, 0.05) is 45.8 Å². The van der Waals surface area contributed by atoms with Crippen molar-refractivity contribution in [3.8, 4) is 12.1 Å². The van der Waals surface area contributed by atoms with E-state index in [0.717, 1.165) is 34.1 Å². The van der Waals surface area contributed by atoms with Crippen molar-refractivity contribution < 1.29 is 28.0 Å². The van der Waals surface area contributed by atoms with Crippen molar-refractivity contribution in [2.45, 2.75) is 12.1 Å². The number of Topliss-reactive ketones (excluding diaryl/α,β-unsaturated/α-hetero) is 2. The van der Waals surface area contributed by atoms with Gasteiger partial charge in [-0.15, -0.1) is 0 Å². The molecule has 2 aliphatic rings. The molecule has 5 aromatic rings. The summed E-state index contributed by atoms with van der Waals surface area (Å²) in [5.41, 5.74) is 2.72. The summed E-state index contributed by atoms with van der Waals surface area (Å²) in [6.45, 7) is 0. The standard InChI is InChI=1S/C42H24F2N4O4/c43-29-17-13-27(14-18-29)41(51)47-23-35(31-5-1-3-7-33(31)37(47)21-45)39(49)25-9-11-26(12-10-25)40(50)36-24-48(42(52)28-15-19-30(44)20-16-28)38(22-46)34-8-4-2-6-32(34)36/h1-20,23-24,37-38H. The highest BCUT2D eigenvalue weighted by atomic mass is 19.1. The third-order valence-corrected chi connectivity index (χ3v) is 8.98. The van der Waals surface area contributed by atoms with Crippen molar-refractivity contribution in [3.05, 3.63) is 190 Å². The third kappa shape index (κ3) is 5.85. The molecule has 0 fully saturated rings. The zero-order valence-corrected chi connectivity index (χ0v) is 27.0. The minimum atomic E-state index is -1.05. The second kappa shape index (κ2) is 13.5. The highest BCUT2D eigenvalue weighted by Gasteiger charge is 2.36. The molecule has 0 saturated carbocycles. The Hall–Kier alpha value is -7.30. The average molecular weight is 687 g/mol. The Balaban J connectivity index is 1.23. The highest BCUT2D eigenvalue weighted by Crippen LogP contribution is 2.39. The molecule has 250 valence electrons. The van der Waals surface area contributed by atoms with Crippen LogP contribution in [0.2, 0.25) is 0 Å². The Morgan fingerprint density at radius 1 is 0.481 bits per heavy atom. The molecule has 0 radical (unpaired) electrons. The topological polar surface area (TPSA) is 122 Å². The second-order valence-corrected chi connectivity index (χ2v) is 12.0. The van der Waals surface area contributed by atoms with Gasteiger partial charge in [-0.05, 0) is 70.8 Å². The number of benzene rings is 5. The zero-order valence-electron chi connectivity index (χ0n) is 27.0. The molecule has 0 aliphatic carbocycles. The van der Waals surface area contributed by atoms with Crippen LogP contribution in [0.4, 0.5) is 8.78 Å². The molecule has 2 aliphatic heterocycles. The third-order valence-electron chi connectivity index (χ3n) is 8.98. The molecule has 0 N–H and O–H groups in total. The first kappa shape index (κ1) is 33.2. The van der Waals surface area contributed by atoms with E-state index in [1.54, 1.807) is 48.5 Å². The molecule has 8 nitrogen and oxygen atoms in total. The van der Waals surface area contributed by atoms with Crippen LogP contribution < -0.4 is 0 Å². The van der Waals surface area contributed by atoms with E-state index >= 15 is 0 Å². The molecule has 2 heterocycles. The van der Waals surface area contributed by atoms with E-state index in [1.807, 2.05) is 0 Å². The smallest absolute Gasteiger partial charge is 0.259 e. The Kier molecular flexibility index (Phi) is 8.65. The van der Waals surface area contributed by atoms with Crippen LogP contribution in [0, 0.1) is 34.3 Å². The van der Waals surface area contributed by atoms with Gasteiger partial charge in [-0.2, -0.15) is 10.5 Å². The monoisotopic (exact) mass is 686 g/mol. The number of ketones is 2. The number of halogens is 2. The maximum Gasteiger partial charge on any atom is 0.259 e. The Bertz CT molecular complexity index is 2270. The van der Waals surface area contributed by atoms with E-state index < -0.39 is 47.1 Å². The fraction of sp³-hybridized carbons (Fsp3) is 0.0476. The lowest BCUT2D eigenvalue weighted by molar-refractivity contribution is 0.0784. The molecule has 5 aromatic carbocycles. The number of carbonyl (C=O) groups is 4. The molecule has 2 unspecified atom stereocenters. The fourth-order valence-electron chi connectivity index (χ4n) is 6.37. The summed E-state index contributed by atoms with van der Waals surface area (Å²) in [5, 5.41) is 20.2. The summed E-state index contributed by atoms with van der Waals surface area (Å²) in [4.78, 5) is 57.5. The van der Waals surface area contributed by atoms with Gasteiger partial charge < -0.3 is 0 Å². The van der Waals surface area contributed by atoms with Crippen molar-refractivity contribution in [3.63, 3.8) is 0 Å². The predicted octanol–water partition coefficient (Wildman–Crippen LogP) is 7.85. The lowest BCUT2D eigenvalue weighted by Gasteiger charge is -2.31. The van der Waals surface area contributed by atoms with Crippen LogP contribution in [0.5, 0.6) is 0 Å². The van der Waals surface area contributed by atoms with Gasteiger partial charge >= 0.3 is 0 Å². The highest BCUT2D eigenvalue weighted by molar-refractivity contribution is 6.31. The normalized spacial score (nSPS) is 15.9. The number of nitrogens with zero attached hydrogens (tertiary/aromatic N) is 4. The molecule has 7 rings (SSSR count). The number of nitriles is 2. The van der Waals surface area contributed by atoms with E-state index in [-0.39, 0.29) is 33.4 Å². The van der Waals surface area contributed by atoms with Gasteiger partial charge in [-0.1, -0.05) is 72.8 Å². The van der Waals surface area contributed by atoms with Gasteiger partial charge in [0.2, 0.25) is 0 Å². The van der Waals surface area contributed by atoms with Gasteiger partial charge in [0.1, 0.15) is 23.7 Å². The molecule has 2 amide bonds. The number of allylic oxidation sites excluding steroid dienone is 2. The first-order valence-electron chi connectivity index (χ1n) is 16.0.